The van der Waals surface area contributed by atoms with Crippen LogP contribution < -0.4 is 5.32 Å². The highest BCUT2D eigenvalue weighted by molar-refractivity contribution is 7.89. The Morgan fingerprint density at radius 2 is 1.64 bits per heavy atom. The van der Waals surface area contributed by atoms with Gasteiger partial charge in [-0.1, -0.05) is 24.6 Å². The highest BCUT2D eigenvalue weighted by atomic mass is 32.2. The number of aryl methyl sites for hydroxylation is 1. The quantitative estimate of drug-likeness (QED) is 0.847. The van der Waals surface area contributed by atoms with E-state index in [-0.39, 0.29) is 10.8 Å². The summed E-state index contributed by atoms with van der Waals surface area (Å²) in [5.41, 5.74) is 3.71. The fourth-order valence-corrected chi connectivity index (χ4v) is 5.71. The average Bonchev–Trinajstić information content (AvgIpc) is 2.75. The standard InChI is InChI=1S/C22H26N2O3S/c25-22(23-21-13-7-9-17-8-2-3-12-20(17)21)18-10-6-11-19(16-18)28(26,27)24-14-4-1-5-15-24/h6-7,9-11,13,16H,1-5,8,12,14-15H2,(H,23,25). The summed E-state index contributed by atoms with van der Waals surface area (Å²) < 4.78 is 27.3. The second-order valence-corrected chi connectivity index (χ2v) is 9.53. The first-order valence-electron chi connectivity index (χ1n) is 10.1. The fraction of sp³-hybridized carbons (Fsp3) is 0.409. The van der Waals surface area contributed by atoms with Crippen LogP contribution in [0.15, 0.2) is 47.4 Å². The van der Waals surface area contributed by atoms with Gasteiger partial charge < -0.3 is 5.32 Å². The molecule has 2 aromatic carbocycles. The summed E-state index contributed by atoms with van der Waals surface area (Å²) in [6, 6.07) is 12.4. The molecule has 1 aliphatic heterocycles. The summed E-state index contributed by atoms with van der Waals surface area (Å²) in [5.74, 6) is -0.269. The molecule has 5 nitrogen and oxygen atoms in total. The van der Waals surface area contributed by atoms with E-state index in [1.54, 1.807) is 18.2 Å². The number of nitrogens with zero attached hydrogens (tertiary/aromatic N) is 1. The number of fused-ring (bicyclic) bond motifs is 1. The third-order valence-corrected chi connectivity index (χ3v) is 7.59. The van der Waals surface area contributed by atoms with Crippen molar-refractivity contribution in [1.82, 2.24) is 4.31 Å². The molecule has 0 aromatic heterocycles. The van der Waals surface area contributed by atoms with Crippen LogP contribution >= 0.6 is 0 Å². The maximum absolute atomic E-state index is 12.9. The molecule has 0 saturated carbocycles. The number of hydrogen-bond donors (Lipinski definition) is 1. The van der Waals surface area contributed by atoms with Gasteiger partial charge in [0.2, 0.25) is 10.0 Å². The van der Waals surface area contributed by atoms with Gasteiger partial charge in [0, 0.05) is 24.3 Å². The van der Waals surface area contributed by atoms with Gasteiger partial charge in [0.05, 0.1) is 4.90 Å². The molecule has 1 saturated heterocycles. The van der Waals surface area contributed by atoms with Crippen LogP contribution in [0.3, 0.4) is 0 Å². The van der Waals surface area contributed by atoms with Crippen molar-refractivity contribution >= 4 is 21.6 Å². The largest absolute Gasteiger partial charge is 0.322 e. The Balaban J connectivity index is 1.57. The number of rotatable bonds is 4. The van der Waals surface area contributed by atoms with Crippen molar-refractivity contribution in [3.05, 3.63) is 59.2 Å². The highest BCUT2D eigenvalue weighted by Crippen LogP contribution is 2.28. The molecule has 2 aromatic rings. The molecule has 0 radical (unpaired) electrons. The van der Waals surface area contributed by atoms with Crippen LogP contribution in [0.4, 0.5) is 5.69 Å². The van der Waals surface area contributed by atoms with Crippen molar-refractivity contribution in [3.8, 4) is 0 Å². The van der Waals surface area contributed by atoms with Gasteiger partial charge in [-0.25, -0.2) is 8.42 Å². The molecule has 0 spiro atoms. The monoisotopic (exact) mass is 398 g/mol. The van der Waals surface area contributed by atoms with Crippen molar-refractivity contribution in [3.63, 3.8) is 0 Å². The third kappa shape index (κ3) is 3.84. The Kier molecular flexibility index (Phi) is 5.51. The minimum Gasteiger partial charge on any atom is -0.322 e. The van der Waals surface area contributed by atoms with Crippen molar-refractivity contribution in [1.29, 1.82) is 0 Å². The smallest absolute Gasteiger partial charge is 0.255 e. The lowest BCUT2D eigenvalue weighted by atomic mass is 9.90. The molecule has 6 heteroatoms. The molecular weight excluding hydrogens is 372 g/mol. The van der Waals surface area contributed by atoms with Gasteiger partial charge in [0.1, 0.15) is 0 Å². The second-order valence-electron chi connectivity index (χ2n) is 7.60. The summed E-state index contributed by atoms with van der Waals surface area (Å²) in [4.78, 5) is 13.0. The Bertz CT molecular complexity index is 979. The lowest BCUT2D eigenvalue weighted by Gasteiger charge is -2.26. The Hall–Kier alpha value is -2.18. The molecule has 148 valence electrons. The topological polar surface area (TPSA) is 66.5 Å². The number of piperidine rings is 1. The number of hydrogen-bond acceptors (Lipinski definition) is 3. The number of sulfonamides is 1. The van der Waals surface area contributed by atoms with Crippen LogP contribution in [0, 0.1) is 0 Å². The van der Waals surface area contributed by atoms with E-state index in [1.165, 1.54) is 27.9 Å². The number of benzene rings is 2. The van der Waals surface area contributed by atoms with Crippen LogP contribution in [-0.2, 0) is 22.9 Å². The molecule has 1 heterocycles. The summed E-state index contributed by atoms with van der Waals surface area (Å²) >= 11 is 0. The van der Waals surface area contributed by atoms with Crippen LogP contribution in [0.5, 0.6) is 0 Å². The van der Waals surface area contributed by atoms with Gasteiger partial charge >= 0.3 is 0 Å². The van der Waals surface area contributed by atoms with E-state index in [4.69, 9.17) is 0 Å². The van der Waals surface area contributed by atoms with Crippen molar-refractivity contribution in [2.75, 3.05) is 18.4 Å². The van der Waals surface area contributed by atoms with Crippen LogP contribution in [-0.4, -0.2) is 31.7 Å². The molecule has 28 heavy (non-hydrogen) atoms. The minimum atomic E-state index is -3.55. The molecule has 0 unspecified atom stereocenters. The Morgan fingerprint density at radius 1 is 0.893 bits per heavy atom. The first-order valence-corrected chi connectivity index (χ1v) is 11.5. The molecular formula is C22H26N2O3S. The molecule has 0 atom stereocenters. The van der Waals surface area contributed by atoms with Gasteiger partial charge in [0.25, 0.3) is 5.91 Å². The van der Waals surface area contributed by atoms with Gasteiger partial charge in [0.15, 0.2) is 0 Å². The first-order chi connectivity index (χ1) is 13.6. The highest BCUT2D eigenvalue weighted by Gasteiger charge is 2.26. The third-order valence-electron chi connectivity index (χ3n) is 5.69. The molecule has 1 N–H and O–H groups in total. The molecule has 1 amide bonds. The van der Waals surface area contributed by atoms with Crippen molar-refractivity contribution in [2.24, 2.45) is 0 Å². The van der Waals surface area contributed by atoms with E-state index in [0.717, 1.165) is 44.2 Å². The van der Waals surface area contributed by atoms with E-state index in [2.05, 4.69) is 11.4 Å². The molecule has 1 aliphatic carbocycles. The molecule has 1 fully saturated rings. The van der Waals surface area contributed by atoms with E-state index in [9.17, 15) is 13.2 Å². The van der Waals surface area contributed by atoms with E-state index < -0.39 is 10.0 Å². The average molecular weight is 399 g/mol. The van der Waals surface area contributed by atoms with Gasteiger partial charge in [-0.2, -0.15) is 4.31 Å². The first kappa shape index (κ1) is 19.2. The summed E-state index contributed by atoms with van der Waals surface area (Å²) in [6.45, 7) is 1.10. The van der Waals surface area contributed by atoms with E-state index >= 15 is 0 Å². The van der Waals surface area contributed by atoms with Crippen molar-refractivity contribution in [2.45, 2.75) is 49.8 Å². The zero-order valence-corrected chi connectivity index (χ0v) is 16.8. The van der Waals surface area contributed by atoms with E-state index in [0.29, 0.717) is 18.7 Å². The normalized spacial score (nSPS) is 17.7. The number of amides is 1. The SMILES string of the molecule is O=C(Nc1cccc2c1CCCC2)c1cccc(S(=O)(=O)N2CCCCC2)c1. The lowest BCUT2D eigenvalue weighted by molar-refractivity contribution is 0.102. The number of anilines is 1. The Morgan fingerprint density at radius 3 is 2.46 bits per heavy atom. The number of nitrogens with one attached hydrogen (secondary N) is 1. The van der Waals surface area contributed by atoms with Gasteiger partial charge in [-0.15, -0.1) is 0 Å². The fourth-order valence-electron chi connectivity index (χ4n) is 4.15. The maximum atomic E-state index is 12.9. The zero-order valence-electron chi connectivity index (χ0n) is 16.0. The molecule has 0 bridgehead atoms. The zero-order chi connectivity index (χ0) is 19.6. The molecule has 2 aliphatic rings. The van der Waals surface area contributed by atoms with Crippen molar-refractivity contribution < 1.29 is 13.2 Å². The van der Waals surface area contributed by atoms with Crippen LogP contribution in [0.2, 0.25) is 0 Å². The minimum absolute atomic E-state index is 0.192. The predicted octanol–water partition coefficient (Wildman–Crippen LogP) is 3.99. The predicted molar refractivity (Wildman–Crippen MR) is 110 cm³/mol. The van der Waals surface area contributed by atoms with Gasteiger partial charge in [-0.05, 0) is 73.9 Å². The van der Waals surface area contributed by atoms with E-state index in [1.807, 2.05) is 12.1 Å². The molecule has 4 rings (SSSR count). The van der Waals surface area contributed by atoms with Gasteiger partial charge in [-0.3, -0.25) is 4.79 Å². The Labute approximate surface area is 166 Å². The summed E-state index contributed by atoms with van der Waals surface area (Å²) in [5, 5.41) is 3.00. The second kappa shape index (κ2) is 8.05. The summed E-state index contributed by atoms with van der Waals surface area (Å²) in [7, 11) is -3.55. The van der Waals surface area contributed by atoms with Crippen LogP contribution in [0.1, 0.15) is 53.6 Å². The maximum Gasteiger partial charge on any atom is 0.255 e. The number of carbonyl (C=O) groups is 1. The lowest BCUT2D eigenvalue weighted by Crippen LogP contribution is -2.35. The summed E-state index contributed by atoms with van der Waals surface area (Å²) in [6.07, 6.45) is 7.16. The number of carbonyl (C=O) groups excluding carboxylic acids is 1. The van der Waals surface area contributed by atoms with Crippen LogP contribution in [0.25, 0.3) is 0 Å².